The lowest BCUT2D eigenvalue weighted by atomic mass is 9.86. The SMILES string of the molecule is COC(=O)C(CC(=O)Cc1cc(C)ccc1C)CC1CCSCC1. The zero-order chi connectivity index (χ0) is 17.5. The van der Waals surface area contributed by atoms with Gasteiger partial charge in [-0.2, -0.15) is 11.8 Å². The number of thioether (sulfide) groups is 1. The molecule has 132 valence electrons. The molecule has 0 spiro atoms. The van der Waals surface area contributed by atoms with Gasteiger partial charge in [0.2, 0.25) is 0 Å². The minimum absolute atomic E-state index is 0.129. The maximum atomic E-state index is 12.5. The van der Waals surface area contributed by atoms with Crippen molar-refractivity contribution in [1.82, 2.24) is 0 Å². The van der Waals surface area contributed by atoms with Crippen LogP contribution in [-0.4, -0.2) is 30.4 Å². The van der Waals surface area contributed by atoms with Crippen molar-refractivity contribution in [2.24, 2.45) is 11.8 Å². The molecule has 1 heterocycles. The predicted molar refractivity (Wildman–Crippen MR) is 99.4 cm³/mol. The van der Waals surface area contributed by atoms with E-state index in [1.807, 2.05) is 25.6 Å². The molecule has 0 aromatic heterocycles. The molecule has 1 unspecified atom stereocenters. The Morgan fingerprint density at radius 3 is 2.62 bits per heavy atom. The number of rotatable bonds is 7. The monoisotopic (exact) mass is 348 g/mol. The third kappa shape index (κ3) is 5.66. The van der Waals surface area contributed by atoms with E-state index in [0.29, 0.717) is 18.8 Å². The number of ketones is 1. The van der Waals surface area contributed by atoms with Crippen molar-refractivity contribution in [3.63, 3.8) is 0 Å². The second kappa shape index (κ2) is 9.26. The molecule has 1 aliphatic rings. The fourth-order valence-electron chi connectivity index (χ4n) is 3.36. The Balaban J connectivity index is 1.98. The van der Waals surface area contributed by atoms with Crippen molar-refractivity contribution in [3.05, 3.63) is 34.9 Å². The first-order valence-electron chi connectivity index (χ1n) is 8.73. The summed E-state index contributed by atoms with van der Waals surface area (Å²) in [5.74, 6) is 2.47. The quantitative estimate of drug-likeness (QED) is 0.695. The molecule has 3 nitrogen and oxygen atoms in total. The highest BCUT2D eigenvalue weighted by atomic mass is 32.2. The molecule has 4 heteroatoms. The van der Waals surface area contributed by atoms with E-state index in [1.54, 1.807) is 0 Å². The Bertz CT molecular complexity index is 576. The van der Waals surface area contributed by atoms with Crippen molar-refractivity contribution in [3.8, 4) is 0 Å². The Hall–Kier alpha value is -1.29. The van der Waals surface area contributed by atoms with Crippen LogP contribution in [0.4, 0.5) is 0 Å². The maximum absolute atomic E-state index is 12.5. The van der Waals surface area contributed by atoms with Gasteiger partial charge in [-0.3, -0.25) is 9.59 Å². The average molecular weight is 349 g/mol. The number of hydrogen-bond donors (Lipinski definition) is 0. The Morgan fingerprint density at radius 2 is 1.96 bits per heavy atom. The van der Waals surface area contributed by atoms with Crippen LogP contribution < -0.4 is 0 Å². The summed E-state index contributed by atoms with van der Waals surface area (Å²) in [5, 5.41) is 0. The van der Waals surface area contributed by atoms with Crippen LogP contribution in [-0.2, 0) is 20.7 Å². The van der Waals surface area contributed by atoms with Crippen LogP contribution in [0.5, 0.6) is 0 Å². The molecule has 1 aliphatic heterocycles. The van der Waals surface area contributed by atoms with Gasteiger partial charge >= 0.3 is 5.97 Å². The molecule has 1 atom stereocenters. The van der Waals surface area contributed by atoms with E-state index in [9.17, 15) is 9.59 Å². The van der Waals surface area contributed by atoms with Crippen LogP contribution in [0.25, 0.3) is 0 Å². The summed E-state index contributed by atoms with van der Waals surface area (Å²) in [6.07, 6.45) is 3.77. The predicted octanol–water partition coefficient (Wildman–Crippen LogP) is 4.13. The zero-order valence-corrected chi connectivity index (χ0v) is 15.8. The second-order valence-corrected chi connectivity index (χ2v) is 8.09. The number of carbonyl (C=O) groups excluding carboxylic acids is 2. The lowest BCUT2D eigenvalue weighted by molar-refractivity contribution is -0.147. The minimum Gasteiger partial charge on any atom is -0.469 e. The number of carbonyl (C=O) groups is 2. The lowest BCUT2D eigenvalue weighted by Crippen LogP contribution is -2.25. The van der Waals surface area contributed by atoms with Gasteiger partial charge in [0.15, 0.2) is 0 Å². The van der Waals surface area contributed by atoms with Crippen LogP contribution in [0, 0.1) is 25.7 Å². The Kier molecular flexibility index (Phi) is 7.35. The number of benzene rings is 1. The summed E-state index contributed by atoms with van der Waals surface area (Å²) < 4.78 is 4.95. The molecule has 1 aromatic carbocycles. The van der Waals surface area contributed by atoms with E-state index in [-0.39, 0.29) is 17.7 Å². The Morgan fingerprint density at radius 1 is 1.25 bits per heavy atom. The summed E-state index contributed by atoms with van der Waals surface area (Å²) in [6, 6.07) is 6.18. The van der Waals surface area contributed by atoms with Crippen LogP contribution in [0.1, 0.15) is 42.4 Å². The number of esters is 1. The van der Waals surface area contributed by atoms with Crippen LogP contribution in [0.15, 0.2) is 18.2 Å². The second-order valence-electron chi connectivity index (χ2n) is 6.86. The van der Waals surface area contributed by atoms with Gasteiger partial charge in [-0.1, -0.05) is 23.8 Å². The first kappa shape index (κ1) is 19.0. The molecular weight excluding hydrogens is 320 g/mol. The van der Waals surface area contributed by atoms with Gasteiger partial charge in [-0.05, 0) is 61.7 Å². The van der Waals surface area contributed by atoms with Crippen molar-refractivity contribution in [2.45, 2.75) is 46.0 Å². The largest absolute Gasteiger partial charge is 0.469 e. The lowest BCUT2D eigenvalue weighted by Gasteiger charge is -2.24. The van der Waals surface area contributed by atoms with Gasteiger partial charge in [0, 0.05) is 12.8 Å². The Labute approximate surface area is 149 Å². The molecule has 0 amide bonds. The normalized spacial score (nSPS) is 16.6. The summed E-state index contributed by atoms with van der Waals surface area (Å²) in [6.45, 7) is 4.06. The average Bonchev–Trinajstić information content (AvgIpc) is 2.57. The van der Waals surface area contributed by atoms with Gasteiger partial charge in [0.25, 0.3) is 0 Å². The van der Waals surface area contributed by atoms with Gasteiger partial charge < -0.3 is 4.74 Å². The molecule has 0 N–H and O–H groups in total. The molecular formula is C20H28O3S. The van der Waals surface area contributed by atoms with Crippen LogP contribution in [0.2, 0.25) is 0 Å². The van der Waals surface area contributed by atoms with Gasteiger partial charge in [-0.25, -0.2) is 0 Å². The minimum atomic E-state index is -0.291. The molecule has 1 saturated heterocycles. The van der Waals surface area contributed by atoms with Crippen LogP contribution in [0.3, 0.4) is 0 Å². The fourth-order valence-corrected chi connectivity index (χ4v) is 4.57. The molecule has 1 aromatic rings. The number of aryl methyl sites for hydroxylation is 2. The molecule has 0 radical (unpaired) electrons. The van der Waals surface area contributed by atoms with E-state index in [4.69, 9.17) is 4.74 Å². The van der Waals surface area contributed by atoms with Crippen molar-refractivity contribution < 1.29 is 14.3 Å². The third-order valence-corrected chi connectivity index (χ3v) is 5.91. The summed E-state index contributed by atoms with van der Waals surface area (Å²) in [7, 11) is 1.42. The molecule has 1 fully saturated rings. The molecule has 24 heavy (non-hydrogen) atoms. The highest BCUT2D eigenvalue weighted by molar-refractivity contribution is 7.99. The van der Waals surface area contributed by atoms with E-state index in [1.165, 1.54) is 7.11 Å². The van der Waals surface area contributed by atoms with Gasteiger partial charge in [0.05, 0.1) is 13.0 Å². The van der Waals surface area contributed by atoms with E-state index in [0.717, 1.165) is 47.5 Å². The summed E-state index contributed by atoms with van der Waals surface area (Å²) in [4.78, 5) is 24.7. The fraction of sp³-hybridized carbons (Fsp3) is 0.600. The molecule has 0 saturated carbocycles. The number of Topliss-reactive ketones (excluding diaryl/α,β-unsaturated/α-hetero) is 1. The van der Waals surface area contributed by atoms with E-state index in [2.05, 4.69) is 18.2 Å². The molecule has 0 aliphatic carbocycles. The van der Waals surface area contributed by atoms with E-state index < -0.39 is 0 Å². The highest BCUT2D eigenvalue weighted by Gasteiger charge is 2.27. The number of methoxy groups -OCH3 is 1. The highest BCUT2D eigenvalue weighted by Crippen LogP contribution is 2.30. The van der Waals surface area contributed by atoms with Crippen molar-refractivity contribution in [2.75, 3.05) is 18.6 Å². The number of hydrogen-bond acceptors (Lipinski definition) is 4. The molecule has 0 bridgehead atoms. The van der Waals surface area contributed by atoms with Gasteiger partial charge in [0.1, 0.15) is 5.78 Å². The first-order valence-corrected chi connectivity index (χ1v) is 9.88. The smallest absolute Gasteiger partial charge is 0.309 e. The van der Waals surface area contributed by atoms with Crippen molar-refractivity contribution >= 4 is 23.5 Å². The zero-order valence-electron chi connectivity index (χ0n) is 15.0. The topological polar surface area (TPSA) is 43.4 Å². The summed E-state index contributed by atoms with van der Waals surface area (Å²) >= 11 is 1.98. The number of ether oxygens (including phenoxy) is 1. The first-order chi connectivity index (χ1) is 11.5. The maximum Gasteiger partial charge on any atom is 0.309 e. The van der Waals surface area contributed by atoms with Gasteiger partial charge in [-0.15, -0.1) is 0 Å². The van der Waals surface area contributed by atoms with Crippen LogP contribution >= 0.6 is 11.8 Å². The summed E-state index contributed by atoms with van der Waals surface area (Å²) in [5.41, 5.74) is 3.36. The van der Waals surface area contributed by atoms with Crippen molar-refractivity contribution in [1.29, 1.82) is 0 Å². The standard InChI is InChI=1S/C20H28O3S/c1-14-4-5-15(2)17(10-14)12-19(21)13-18(20(22)23-3)11-16-6-8-24-9-7-16/h4-5,10,16,18H,6-9,11-13H2,1-3H3. The third-order valence-electron chi connectivity index (χ3n) is 4.86. The van der Waals surface area contributed by atoms with E-state index >= 15 is 0 Å². The molecule has 2 rings (SSSR count).